The zero-order valence-corrected chi connectivity index (χ0v) is 11.4. The summed E-state index contributed by atoms with van der Waals surface area (Å²) in [5.74, 6) is -0.399. The Labute approximate surface area is 118 Å². The number of rotatable bonds is 7. The van der Waals surface area contributed by atoms with Gasteiger partial charge in [-0.3, -0.25) is 0 Å². The van der Waals surface area contributed by atoms with Crippen molar-refractivity contribution in [3.8, 4) is 6.07 Å². The third-order valence-electron chi connectivity index (χ3n) is 3.21. The van der Waals surface area contributed by atoms with Crippen molar-refractivity contribution in [2.24, 2.45) is 0 Å². The lowest BCUT2D eigenvalue weighted by molar-refractivity contribution is 0.0172. The van der Waals surface area contributed by atoms with Crippen molar-refractivity contribution in [3.63, 3.8) is 0 Å². The van der Waals surface area contributed by atoms with Crippen molar-refractivity contribution in [1.29, 1.82) is 5.26 Å². The Morgan fingerprint density at radius 1 is 1.50 bits per heavy atom. The fourth-order valence-electron chi connectivity index (χ4n) is 2.12. The van der Waals surface area contributed by atoms with Crippen LogP contribution in [0.2, 0.25) is 0 Å². The van der Waals surface area contributed by atoms with Crippen molar-refractivity contribution in [3.05, 3.63) is 29.6 Å². The first kappa shape index (κ1) is 14.8. The van der Waals surface area contributed by atoms with Gasteiger partial charge < -0.3 is 14.8 Å². The van der Waals surface area contributed by atoms with Crippen molar-refractivity contribution in [2.45, 2.75) is 25.4 Å². The number of nitrogens with zero attached hydrogens (tertiary/aromatic N) is 1. The normalized spacial score (nSPS) is 17.9. The van der Waals surface area contributed by atoms with Crippen LogP contribution in [0.3, 0.4) is 0 Å². The van der Waals surface area contributed by atoms with Gasteiger partial charge in [0.2, 0.25) is 0 Å². The molecule has 1 saturated heterocycles. The molecule has 2 rings (SSSR count). The van der Waals surface area contributed by atoms with Crippen molar-refractivity contribution in [2.75, 3.05) is 31.7 Å². The molecule has 1 aliphatic heterocycles. The fourth-order valence-corrected chi connectivity index (χ4v) is 2.12. The molecule has 4 nitrogen and oxygen atoms in total. The standard InChI is InChI=1S/C15H19FN2O2/c16-14-9-12(10-17)4-5-15(14)18-6-2-7-19-11-13-3-1-8-20-13/h4-5,9,13,18H,1-3,6-8,11H2/t13-/m0/s1. The molecule has 0 amide bonds. The Bertz CT molecular complexity index is 467. The lowest BCUT2D eigenvalue weighted by Gasteiger charge is -2.11. The van der Waals surface area contributed by atoms with E-state index in [0.29, 0.717) is 31.0 Å². The molecule has 1 heterocycles. The highest BCUT2D eigenvalue weighted by Crippen LogP contribution is 2.15. The van der Waals surface area contributed by atoms with Gasteiger partial charge in [-0.2, -0.15) is 5.26 Å². The third-order valence-corrected chi connectivity index (χ3v) is 3.21. The van der Waals surface area contributed by atoms with Crippen LogP contribution in [-0.4, -0.2) is 32.5 Å². The van der Waals surface area contributed by atoms with Crippen LogP contribution in [0.5, 0.6) is 0 Å². The zero-order valence-electron chi connectivity index (χ0n) is 11.4. The molecule has 1 aromatic rings. The predicted octanol–water partition coefficient (Wildman–Crippen LogP) is 2.69. The van der Waals surface area contributed by atoms with Crippen molar-refractivity contribution < 1.29 is 13.9 Å². The molecule has 20 heavy (non-hydrogen) atoms. The van der Waals surface area contributed by atoms with Gasteiger partial charge in [0.25, 0.3) is 0 Å². The Hall–Kier alpha value is -1.64. The van der Waals surface area contributed by atoms with Gasteiger partial charge in [0, 0.05) is 19.8 Å². The maximum atomic E-state index is 13.6. The van der Waals surface area contributed by atoms with E-state index in [2.05, 4.69) is 5.32 Å². The van der Waals surface area contributed by atoms with Gasteiger partial charge in [0.1, 0.15) is 5.82 Å². The molecule has 1 aliphatic rings. The first-order valence-corrected chi connectivity index (χ1v) is 6.92. The van der Waals surface area contributed by atoms with Gasteiger partial charge in [-0.1, -0.05) is 0 Å². The first-order valence-electron chi connectivity index (χ1n) is 6.92. The summed E-state index contributed by atoms with van der Waals surface area (Å²) in [4.78, 5) is 0. The van der Waals surface area contributed by atoms with Gasteiger partial charge in [-0.25, -0.2) is 4.39 Å². The number of benzene rings is 1. The van der Waals surface area contributed by atoms with E-state index < -0.39 is 5.82 Å². The lowest BCUT2D eigenvalue weighted by Crippen LogP contribution is -2.15. The summed E-state index contributed by atoms with van der Waals surface area (Å²) in [5.41, 5.74) is 0.746. The number of halogens is 1. The van der Waals surface area contributed by atoms with Gasteiger partial charge in [-0.05, 0) is 37.5 Å². The smallest absolute Gasteiger partial charge is 0.147 e. The SMILES string of the molecule is N#Cc1ccc(NCCCOC[C@@H]2CCCO2)c(F)c1. The average molecular weight is 278 g/mol. The number of hydrogen-bond donors (Lipinski definition) is 1. The number of anilines is 1. The predicted molar refractivity (Wildman–Crippen MR) is 74.0 cm³/mol. The first-order chi connectivity index (χ1) is 9.79. The molecular formula is C15H19FN2O2. The number of hydrogen-bond acceptors (Lipinski definition) is 4. The van der Waals surface area contributed by atoms with E-state index in [0.717, 1.165) is 25.9 Å². The van der Waals surface area contributed by atoms with Gasteiger partial charge >= 0.3 is 0 Å². The quantitative estimate of drug-likeness (QED) is 0.779. The van der Waals surface area contributed by atoms with Crippen LogP contribution < -0.4 is 5.32 Å². The van der Waals surface area contributed by atoms with Crippen LogP contribution in [-0.2, 0) is 9.47 Å². The molecule has 1 N–H and O–H groups in total. The number of ether oxygens (including phenoxy) is 2. The highest BCUT2D eigenvalue weighted by atomic mass is 19.1. The van der Waals surface area contributed by atoms with Crippen LogP contribution in [0.15, 0.2) is 18.2 Å². The number of nitriles is 1. The molecule has 0 aliphatic carbocycles. The monoisotopic (exact) mass is 278 g/mol. The molecule has 0 radical (unpaired) electrons. The molecule has 1 aromatic carbocycles. The second-order valence-electron chi connectivity index (χ2n) is 4.80. The van der Waals surface area contributed by atoms with Crippen LogP contribution in [0.25, 0.3) is 0 Å². The van der Waals surface area contributed by atoms with Gasteiger partial charge in [0.05, 0.1) is 30.0 Å². The van der Waals surface area contributed by atoms with E-state index in [1.165, 1.54) is 6.07 Å². The summed E-state index contributed by atoms with van der Waals surface area (Å²) in [7, 11) is 0. The lowest BCUT2D eigenvalue weighted by atomic mass is 10.2. The molecule has 1 fully saturated rings. The van der Waals surface area contributed by atoms with Crippen LogP contribution in [0, 0.1) is 17.1 Å². The molecule has 1 atom stereocenters. The topological polar surface area (TPSA) is 54.3 Å². The summed E-state index contributed by atoms with van der Waals surface area (Å²) in [6.07, 6.45) is 3.24. The largest absolute Gasteiger partial charge is 0.383 e. The summed E-state index contributed by atoms with van der Waals surface area (Å²) >= 11 is 0. The van der Waals surface area contributed by atoms with Crippen molar-refractivity contribution in [1.82, 2.24) is 0 Å². The fraction of sp³-hybridized carbons (Fsp3) is 0.533. The van der Waals surface area contributed by atoms with E-state index >= 15 is 0 Å². The van der Waals surface area contributed by atoms with Crippen LogP contribution in [0.1, 0.15) is 24.8 Å². The summed E-state index contributed by atoms with van der Waals surface area (Å²) in [6.45, 7) is 2.75. The summed E-state index contributed by atoms with van der Waals surface area (Å²) in [5, 5.41) is 11.6. The molecule has 0 unspecified atom stereocenters. The average Bonchev–Trinajstić information content (AvgIpc) is 2.97. The highest BCUT2D eigenvalue weighted by molar-refractivity contribution is 5.48. The van der Waals surface area contributed by atoms with Crippen LogP contribution >= 0.6 is 0 Å². The van der Waals surface area contributed by atoms with Gasteiger partial charge in [-0.15, -0.1) is 0 Å². The molecule has 108 valence electrons. The van der Waals surface area contributed by atoms with E-state index in [1.54, 1.807) is 12.1 Å². The van der Waals surface area contributed by atoms with E-state index in [4.69, 9.17) is 14.7 Å². The molecular weight excluding hydrogens is 259 g/mol. The molecule has 0 saturated carbocycles. The minimum absolute atomic E-state index is 0.249. The van der Waals surface area contributed by atoms with E-state index in [9.17, 15) is 4.39 Å². The second kappa shape index (κ2) is 7.83. The Balaban J connectivity index is 1.60. The molecule has 0 aromatic heterocycles. The second-order valence-corrected chi connectivity index (χ2v) is 4.80. The minimum atomic E-state index is -0.399. The molecule has 0 spiro atoms. The van der Waals surface area contributed by atoms with E-state index in [-0.39, 0.29) is 6.10 Å². The summed E-state index contributed by atoms with van der Waals surface area (Å²) in [6, 6.07) is 6.32. The summed E-state index contributed by atoms with van der Waals surface area (Å²) < 4.78 is 24.5. The maximum absolute atomic E-state index is 13.6. The molecule has 0 bridgehead atoms. The zero-order chi connectivity index (χ0) is 14.2. The van der Waals surface area contributed by atoms with Gasteiger partial charge in [0.15, 0.2) is 0 Å². The van der Waals surface area contributed by atoms with E-state index in [1.807, 2.05) is 6.07 Å². The highest BCUT2D eigenvalue weighted by Gasteiger charge is 2.14. The molecule has 5 heteroatoms. The number of nitrogens with one attached hydrogen (secondary N) is 1. The Kier molecular flexibility index (Phi) is 5.78. The third kappa shape index (κ3) is 4.48. The maximum Gasteiger partial charge on any atom is 0.147 e. The Morgan fingerprint density at radius 2 is 2.40 bits per heavy atom. The van der Waals surface area contributed by atoms with Crippen molar-refractivity contribution >= 4 is 5.69 Å². The van der Waals surface area contributed by atoms with Crippen LogP contribution in [0.4, 0.5) is 10.1 Å². The Morgan fingerprint density at radius 3 is 3.10 bits per heavy atom. The minimum Gasteiger partial charge on any atom is -0.383 e.